The molecule has 160 valence electrons. The van der Waals surface area contributed by atoms with Crippen LogP contribution in [0.3, 0.4) is 0 Å². The minimum absolute atomic E-state index is 0.0219. The molecule has 0 saturated heterocycles. The third kappa shape index (κ3) is 4.52. The van der Waals surface area contributed by atoms with Crippen molar-refractivity contribution in [2.45, 2.75) is 11.8 Å². The van der Waals surface area contributed by atoms with E-state index in [0.717, 1.165) is 6.26 Å². The topological polar surface area (TPSA) is 145 Å². The molecular formula is C19H21N3O6S2. The molecule has 0 fully saturated rings. The lowest BCUT2D eigenvalue weighted by Crippen LogP contribution is -2.13. The normalized spacial score (nSPS) is 11.9. The van der Waals surface area contributed by atoms with Crippen LogP contribution in [-0.4, -0.2) is 39.1 Å². The highest BCUT2D eigenvalue weighted by Gasteiger charge is 2.16. The third-order valence-corrected chi connectivity index (χ3v) is 6.67. The Hall–Kier alpha value is -3.18. The molecule has 0 atom stereocenters. The standard InChI is InChI=1S/C19H21N3O6S2/c1-3-30(27,28)13-8-10-16(23)15(11-13)20-21-19-17(24)9-7-12-5-4-6-14(18(12)19)22-29(2,25)26/h4-11,20-24H,3H2,1-2H3. The number of benzene rings is 3. The molecule has 9 nitrogen and oxygen atoms in total. The van der Waals surface area contributed by atoms with E-state index in [9.17, 15) is 27.0 Å². The monoisotopic (exact) mass is 451 g/mol. The van der Waals surface area contributed by atoms with Gasteiger partial charge in [-0.1, -0.05) is 25.1 Å². The lowest BCUT2D eigenvalue weighted by atomic mass is 10.1. The van der Waals surface area contributed by atoms with E-state index in [1.54, 1.807) is 24.3 Å². The van der Waals surface area contributed by atoms with Gasteiger partial charge in [0, 0.05) is 5.39 Å². The highest BCUT2D eigenvalue weighted by Crippen LogP contribution is 2.38. The van der Waals surface area contributed by atoms with Gasteiger partial charge in [-0.2, -0.15) is 0 Å². The molecule has 3 rings (SSSR count). The summed E-state index contributed by atoms with van der Waals surface area (Å²) in [5, 5.41) is 21.5. The minimum Gasteiger partial charge on any atom is -0.506 e. The smallest absolute Gasteiger partial charge is 0.229 e. The summed E-state index contributed by atoms with van der Waals surface area (Å²) in [4.78, 5) is 0.0219. The molecule has 3 aromatic rings. The molecule has 3 aromatic carbocycles. The van der Waals surface area contributed by atoms with Gasteiger partial charge in [0.2, 0.25) is 10.0 Å². The summed E-state index contributed by atoms with van der Waals surface area (Å²) in [7, 11) is -7.08. The molecular weight excluding hydrogens is 430 g/mol. The fraction of sp³-hybridized carbons (Fsp3) is 0.158. The summed E-state index contributed by atoms with van der Waals surface area (Å²) in [5.41, 5.74) is 5.88. The SMILES string of the molecule is CCS(=O)(=O)c1ccc(O)c(NNc2c(O)ccc3cccc(NS(C)(=O)=O)c23)c1. The van der Waals surface area contributed by atoms with Gasteiger partial charge in [0.05, 0.1) is 28.3 Å². The number of fused-ring (bicyclic) bond motifs is 1. The number of hydrazine groups is 1. The Kier molecular flexibility index (Phi) is 5.68. The van der Waals surface area contributed by atoms with Crippen molar-refractivity contribution in [3.05, 3.63) is 48.5 Å². The first-order valence-electron chi connectivity index (χ1n) is 8.82. The van der Waals surface area contributed by atoms with Gasteiger partial charge >= 0.3 is 0 Å². The molecule has 0 aliphatic rings. The van der Waals surface area contributed by atoms with E-state index < -0.39 is 19.9 Å². The molecule has 0 aliphatic heterocycles. The maximum absolute atomic E-state index is 12.1. The third-order valence-electron chi connectivity index (χ3n) is 4.35. The van der Waals surface area contributed by atoms with Crippen molar-refractivity contribution < 1.29 is 27.0 Å². The van der Waals surface area contributed by atoms with Gasteiger partial charge in [-0.15, -0.1) is 0 Å². The van der Waals surface area contributed by atoms with E-state index in [1.807, 2.05) is 0 Å². The van der Waals surface area contributed by atoms with E-state index >= 15 is 0 Å². The Balaban J connectivity index is 2.05. The van der Waals surface area contributed by atoms with E-state index in [1.165, 1.54) is 31.2 Å². The van der Waals surface area contributed by atoms with Crippen molar-refractivity contribution >= 4 is 47.7 Å². The van der Waals surface area contributed by atoms with E-state index in [0.29, 0.717) is 10.8 Å². The van der Waals surface area contributed by atoms with Crippen LogP contribution in [0.25, 0.3) is 10.8 Å². The molecule has 0 radical (unpaired) electrons. The molecule has 0 unspecified atom stereocenters. The zero-order valence-corrected chi connectivity index (χ0v) is 17.8. The summed E-state index contributed by atoms with van der Waals surface area (Å²) >= 11 is 0. The first-order chi connectivity index (χ1) is 14.0. The number of rotatable bonds is 7. The van der Waals surface area contributed by atoms with Crippen molar-refractivity contribution in [2.75, 3.05) is 27.6 Å². The van der Waals surface area contributed by atoms with E-state index in [-0.39, 0.29) is 39.2 Å². The van der Waals surface area contributed by atoms with Gasteiger partial charge in [0.15, 0.2) is 9.84 Å². The van der Waals surface area contributed by atoms with Crippen molar-refractivity contribution in [1.29, 1.82) is 0 Å². The van der Waals surface area contributed by atoms with Crippen LogP contribution in [0.2, 0.25) is 0 Å². The summed E-state index contributed by atoms with van der Waals surface area (Å²) in [6.07, 6.45) is 1.01. The van der Waals surface area contributed by atoms with Crippen LogP contribution in [0.1, 0.15) is 6.92 Å². The lowest BCUT2D eigenvalue weighted by molar-refractivity contribution is 0.475. The lowest BCUT2D eigenvalue weighted by Gasteiger charge is -2.17. The number of nitrogens with one attached hydrogen (secondary N) is 3. The highest BCUT2D eigenvalue weighted by atomic mass is 32.2. The second-order valence-corrected chi connectivity index (χ2v) is 10.6. The first-order valence-corrected chi connectivity index (χ1v) is 12.4. The van der Waals surface area contributed by atoms with Gasteiger partial charge in [0.25, 0.3) is 0 Å². The molecule has 0 aromatic heterocycles. The van der Waals surface area contributed by atoms with Crippen LogP contribution < -0.4 is 15.6 Å². The Bertz CT molecular complexity index is 1320. The maximum atomic E-state index is 12.1. The van der Waals surface area contributed by atoms with E-state index in [2.05, 4.69) is 15.6 Å². The predicted molar refractivity (Wildman–Crippen MR) is 117 cm³/mol. The van der Waals surface area contributed by atoms with Crippen LogP contribution in [0, 0.1) is 0 Å². The van der Waals surface area contributed by atoms with Crippen LogP contribution in [0.15, 0.2) is 53.4 Å². The molecule has 0 saturated carbocycles. The molecule has 0 heterocycles. The number of hydrogen-bond donors (Lipinski definition) is 5. The van der Waals surface area contributed by atoms with Gasteiger partial charge < -0.3 is 10.2 Å². The summed E-state index contributed by atoms with van der Waals surface area (Å²) in [6.45, 7) is 1.51. The number of hydrogen-bond acceptors (Lipinski definition) is 8. The van der Waals surface area contributed by atoms with Crippen LogP contribution >= 0.6 is 0 Å². The number of sulfone groups is 1. The van der Waals surface area contributed by atoms with Gasteiger partial charge in [-0.25, -0.2) is 16.8 Å². The Morgan fingerprint density at radius 1 is 0.867 bits per heavy atom. The number of anilines is 3. The number of phenolic OH excluding ortho intramolecular Hbond substituents is 2. The summed E-state index contributed by atoms with van der Waals surface area (Å²) in [5.74, 6) is -0.503. The Morgan fingerprint density at radius 3 is 2.23 bits per heavy atom. The van der Waals surface area contributed by atoms with Crippen molar-refractivity contribution in [3.8, 4) is 11.5 Å². The minimum atomic E-state index is -3.58. The first kappa shape index (κ1) is 21.5. The molecule has 30 heavy (non-hydrogen) atoms. The predicted octanol–water partition coefficient (Wildman–Crippen LogP) is 2.86. The van der Waals surface area contributed by atoms with Crippen molar-refractivity contribution in [2.24, 2.45) is 0 Å². The Labute approximate surface area is 174 Å². The molecule has 0 bridgehead atoms. The fourth-order valence-electron chi connectivity index (χ4n) is 2.88. The highest BCUT2D eigenvalue weighted by molar-refractivity contribution is 7.92. The van der Waals surface area contributed by atoms with Crippen molar-refractivity contribution in [1.82, 2.24) is 0 Å². The zero-order valence-electron chi connectivity index (χ0n) is 16.2. The molecule has 0 amide bonds. The molecule has 0 spiro atoms. The zero-order chi connectivity index (χ0) is 22.1. The van der Waals surface area contributed by atoms with Gasteiger partial charge in [-0.05, 0) is 35.7 Å². The molecule has 5 N–H and O–H groups in total. The summed E-state index contributed by atoms with van der Waals surface area (Å²) < 4.78 is 50.1. The maximum Gasteiger partial charge on any atom is 0.229 e. The van der Waals surface area contributed by atoms with Crippen LogP contribution in [-0.2, 0) is 19.9 Å². The fourth-order valence-corrected chi connectivity index (χ4v) is 4.36. The van der Waals surface area contributed by atoms with Crippen LogP contribution in [0.4, 0.5) is 17.1 Å². The number of aromatic hydroxyl groups is 2. The number of phenols is 2. The molecule has 0 aliphatic carbocycles. The molecule has 11 heteroatoms. The summed E-state index contributed by atoms with van der Waals surface area (Å²) in [6, 6.07) is 11.8. The van der Waals surface area contributed by atoms with Gasteiger partial charge in [-0.3, -0.25) is 15.6 Å². The van der Waals surface area contributed by atoms with Crippen LogP contribution in [0.5, 0.6) is 11.5 Å². The number of sulfonamides is 1. The second-order valence-electron chi connectivity index (χ2n) is 6.57. The average molecular weight is 452 g/mol. The quantitative estimate of drug-likeness (QED) is 0.272. The van der Waals surface area contributed by atoms with E-state index in [4.69, 9.17) is 0 Å². The largest absolute Gasteiger partial charge is 0.506 e. The van der Waals surface area contributed by atoms with Crippen molar-refractivity contribution in [3.63, 3.8) is 0 Å². The Morgan fingerprint density at radius 2 is 1.57 bits per heavy atom. The second kappa shape index (κ2) is 7.92. The van der Waals surface area contributed by atoms with Gasteiger partial charge in [0.1, 0.15) is 17.2 Å². The average Bonchev–Trinajstić information content (AvgIpc) is 2.67.